The molecule has 0 bridgehead atoms. The van der Waals surface area contributed by atoms with Gasteiger partial charge in [-0.3, -0.25) is 4.79 Å². The third kappa shape index (κ3) is 4.50. The van der Waals surface area contributed by atoms with Gasteiger partial charge in [-0.15, -0.1) is 0 Å². The molecule has 132 valence electrons. The Morgan fingerprint density at radius 3 is 2.62 bits per heavy atom. The predicted octanol–water partition coefficient (Wildman–Crippen LogP) is 4.67. The fourth-order valence-electron chi connectivity index (χ4n) is 2.40. The van der Waals surface area contributed by atoms with Crippen molar-refractivity contribution >= 4 is 40.6 Å². The van der Waals surface area contributed by atoms with E-state index in [-0.39, 0.29) is 11.6 Å². The minimum Gasteiger partial charge on any atom is -0.355 e. The standard InChI is InChI=1S/C19H16Cl2N4O/c1-25(11-13-5-3-2-4-6-13)18-10-17(22-12-23-18)19(26)24-16-9-14(20)7-8-15(16)21/h2-10,12H,11H2,1H3,(H,24,26). The molecule has 0 spiro atoms. The number of amides is 1. The van der Waals surface area contributed by atoms with Gasteiger partial charge in [-0.25, -0.2) is 9.97 Å². The highest BCUT2D eigenvalue weighted by Crippen LogP contribution is 2.26. The van der Waals surface area contributed by atoms with Crippen LogP contribution in [-0.4, -0.2) is 22.9 Å². The molecule has 1 amide bonds. The van der Waals surface area contributed by atoms with Crippen LogP contribution in [0.5, 0.6) is 0 Å². The van der Waals surface area contributed by atoms with Crippen LogP contribution in [0.3, 0.4) is 0 Å². The zero-order chi connectivity index (χ0) is 18.5. The fourth-order valence-corrected chi connectivity index (χ4v) is 2.73. The Hall–Kier alpha value is -2.63. The average Bonchev–Trinajstić information content (AvgIpc) is 2.65. The highest BCUT2D eigenvalue weighted by Gasteiger charge is 2.13. The number of benzene rings is 2. The van der Waals surface area contributed by atoms with Crippen molar-refractivity contribution in [1.29, 1.82) is 0 Å². The van der Waals surface area contributed by atoms with Crippen molar-refractivity contribution in [3.05, 3.63) is 82.2 Å². The van der Waals surface area contributed by atoms with Gasteiger partial charge in [0.2, 0.25) is 0 Å². The van der Waals surface area contributed by atoms with Crippen LogP contribution in [0.25, 0.3) is 0 Å². The molecule has 0 aliphatic carbocycles. The van der Waals surface area contributed by atoms with E-state index in [2.05, 4.69) is 15.3 Å². The van der Waals surface area contributed by atoms with Crippen LogP contribution in [0.2, 0.25) is 10.0 Å². The molecule has 1 aromatic heterocycles. The second-order valence-corrected chi connectivity index (χ2v) is 6.53. The third-order valence-electron chi connectivity index (χ3n) is 3.72. The summed E-state index contributed by atoms with van der Waals surface area (Å²) in [7, 11) is 1.91. The highest BCUT2D eigenvalue weighted by atomic mass is 35.5. The van der Waals surface area contributed by atoms with Crippen molar-refractivity contribution in [2.75, 3.05) is 17.3 Å². The second kappa shape index (κ2) is 8.17. The number of halogens is 2. The van der Waals surface area contributed by atoms with E-state index in [9.17, 15) is 4.79 Å². The van der Waals surface area contributed by atoms with Crippen molar-refractivity contribution in [2.45, 2.75) is 6.54 Å². The van der Waals surface area contributed by atoms with Gasteiger partial charge >= 0.3 is 0 Å². The predicted molar refractivity (Wildman–Crippen MR) is 105 cm³/mol. The molecule has 0 radical (unpaired) electrons. The van der Waals surface area contributed by atoms with Crippen LogP contribution in [0.4, 0.5) is 11.5 Å². The van der Waals surface area contributed by atoms with Crippen molar-refractivity contribution in [2.24, 2.45) is 0 Å². The summed E-state index contributed by atoms with van der Waals surface area (Å²) in [6, 6.07) is 16.5. The average molecular weight is 387 g/mol. The van der Waals surface area contributed by atoms with Crippen LogP contribution >= 0.6 is 23.2 Å². The van der Waals surface area contributed by atoms with E-state index in [0.717, 1.165) is 5.56 Å². The number of carbonyl (C=O) groups excluding carboxylic acids is 1. The maximum atomic E-state index is 12.5. The summed E-state index contributed by atoms with van der Waals surface area (Å²) in [5.41, 5.74) is 1.82. The van der Waals surface area contributed by atoms with Gasteiger partial charge in [0.05, 0.1) is 10.7 Å². The minimum absolute atomic E-state index is 0.242. The number of hydrogen-bond donors (Lipinski definition) is 1. The van der Waals surface area contributed by atoms with E-state index in [1.54, 1.807) is 24.3 Å². The Labute approximate surface area is 161 Å². The first-order valence-electron chi connectivity index (χ1n) is 7.86. The molecule has 5 nitrogen and oxygen atoms in total. The van der Waals surface area contributed by atoms with Crippen molar-refractivity contribution in [1.82, 2.24) is 9.97 Å². The lowest BCUT2D eigenvalue weighted by atomic mass is 10.2. The normalized spacial score (nSPS) is 10.4. The van der Waals surface area contributed by atoms with Gasteiger partial charge in [-0.2, -0.15) is 0 Å². The Balaban J connectivity index is 1.76. The lowest BCUT2D eigenvalue weighted by Gasteiger charge is -2.18. The van der Waals surface area contributed by atoms with Gasteiger partial charge in [0, 0.05) is 24.7 Å². The summed E-state index contributed by atoms with van der Waals surface area (Å²) in [6.07, 6.45) is 1.37. The number of hydrogen-bond acceptors (Lipinski definition) is 4. The molecular weight excluding hydrogens is 371 g/mol. The summed E-state index contributed by atoms with van der Waals surface area (Å²) in [5, 5.41) is 3.60. The van der Waals surface area contributed by atoms with Crippen molar-refractivity contribution < 1.29 is 4.79 Å². The zero-order valence-corrected chi connectivity index (χ0v) is 15.5. The van der Waals surface area contributed by atoms with E-state index >= 15 is 0 Å². The summed E-state index contributed by atoms with van der Waals surface area (Å²) in [4.78, 5) is 22.7. The molecular formula is C19H16Cl2N4O. The van der Waals surface area contributed by atoms with Gasteiger partial charge in [0.15, 0.2) is 0 Å². The molecule has 0 saturated carbocycles. The molecule has 26 heavy (non-hydrogen) atoms. The number of aromatic nitrogens is 2. The quantitative estimate of drug-likeness (QED) is 0.691. The van der Waals surface area contributed by atoms with E-state index < -0.39 is 0 Å². The van der Waals surface area contributed by atoms with Crippen LogP contribution in [0.1, 0.15) is 16.1 Å². The van der Waals surface area contributed by atoms with E-state index in [1.807, 2.05) is 42.3 Å². The van der Waals surface area contributed by atoms with E-state index in [4.69, 9.17) is 23.2 Å². The van der Waals surface area contributed by atoms with Gasteiger partial charge in [0.25, 0.3) is 5.91 Å². The Morgan fingerprint density at radius 1 is 1.08 bits per heavy atom. The highest BCUT2D eigenvalue weighted by molar-refractivity contribution is 6.35. The zero-order valence-electron chi connectivity index (χ0n) is 14.0. The smallest absolute Gasteiger partial charge is 0.274 e. The second-order valence-electron chi connectivity index (χ2n) is 5.68. The van der Waals surface area contributed by atoms with Gasteiger partial charge in [-0.05, 0) is 23.8 Å². The first-order valence-corrected chi connectivity index (χ1v) is 8.62. The van der Waals surface area contributed by atoms with Crippen LogP contribution in [0.15, 0.2) is 60.9 Å². The molecule has 1 heterocycles. The SMILES string of the molecule is CN(Cc1ccccc1)c1cc(C(=O)Nc2cc(Cl)ccc2Cl)ncn1. The van der Waals surface area contributed by atoms with Crippen LogP contribution < -0.4 is 10.2 Å². The lowest BCUT2D eigenvalue weighted by molar-refractivity contribution is 0.102. The summed E-state index contributed by atoms with van der Waals surface area (Å²) >= 11 is 12.0. The van der Waals surface area contributed by atoms with Gasteiger partial charge in [-0.1, -0.05) is 53.5 Å². The van der Waals surface area contributed by atoms with Crippen LogP contribution in [0, 0.1) is 0 Å². The molecule has 2 aromatic carbocycles. The summed E-state index contributed by atoms with van der Waals surface area (Å²) < 4.78 is 0. The first kappa shape index (κ1) is 18.2. The number of carbonyl (C=O) groups is 1. The summed E-state index contributed by atoms with van der Waals surface area (Å²) in [5.74, 6) is 0.261. The Morgan fingerprint density at radius 2 is 1.85 bits per heavy atom. The van der Waals surface area contributed by atoms with E-state index in [0.29, 0.717) is 28.1 Å². The number of nitrogens with zero attached hydrogens (tertiary/aromatic N) is 3. The maximum Gasteiger partial charge on any atom is 0.274 e. The van der Waals surface area contributed by atoms with E-state index in [1.165, 1.54) is 6.33 Å². The number of nitrogens with one attached hydrogen (secondary N) is 1. The third-order valence-corrected chi connectivity index (χ3v) is 4.28. The molecule has 0 saturated heterocycles. The number of rotatable bonds is 5. The monoisotopic (exact) mass is 386 g/mol. The molecule has 0 aliphatic heterocycles. The molecule has 0 fully saturated rings. The molecule has 0 aliphatic rings. The molecule has 3 aromatic rings. The topological polar surface area (TPSA) is 58.1 Å². The maximum absolute atomic E-state index is 12.5. The van der Waals surface area contributed by atoms with Crippen molar-refractivity contribution in [3.8, 4) is 0 Å². The first-order chi connectivity index (χ1) is 12.5. The molecule has 1 N–H and O–H groups in total. The largest absolute Gasteiger partial charge is 0.355 e. The molecule has 7 heteroatoms. The lowest BCUT2D eigenvalue weighted by Crippen LogP contribution is -2.20. The van der Waals surface area contributed by atoms with Gasteiger partial charge < -0.3 is 10.2 Å². The minimum atomic E-state index is -0.383. The van der Waals surface area contributed by atoms with Crippen LogP contribution in [-0.2, 0) is 6.54 Å². The van der Waals surface area contributed by atoms with Crippen molar-refractivity contribution in [3.63, 3.8) is 0 Å². The molecule has 0 atom stereocenters. The Bertz CT molecular complexity index is 918. The Kier molecular flexibility index (Phi) is 5.71. The van der Waals surface area contributed by atoms with Gasteiger partial charge in [0.1, 0.15) is 17.8 Å². The summed E-state index contributed by atoms with van der Waals surface area (Å²) in [6.45, 7) is 0.666. The molecule has 0 unspecified atom stereocenters. The fraction of sp³-hybridized carbons (Fsp3) is 0.105. The number of anilines is 2. The molecule has 3 rings (SSSR count).